The molecule has 0 saturated heterocycles. The van der Waals surface area contributed by atoms with E-state index in [0.29, 0.717) is 39.0 Å². The third kappa shape index (κ3) is 5.54. The van der Waals surface area contributed by atoms with E-state index < -0.39 is 11.8 Å². The van der Waals surface area contributed by atoms with Gasteiger partial charge in [0.25, 0.3) is 11.8 Å². The molecule has 1 aliphatic rings. The fraction of sp³-hybridized carbons (Fsp3) is 0.0800. The minimum atomic E-state index is -0.613. The van der Waals surface area contributed by atoms with E-state index >= 15 is 0 Å². The summed E-state index contributed by atoms with van der Waals surface area (Å²) in [7, 11) is 1.52. The molecule has 0 saturated carbocycles. The second kappa shape index (κ2) is 10.5. The minimum Gasteiger partial charge on any atom is -0.495 e. The summed E-state index contributed by atoms with van der Waals surface area (Å²) in [4.78, 5) is 25.6. The van der Waals surface area contributed by atoms with Gasteiger partial charge in [-0.1, -0.05) is 35.9 Å². The molecule has 0 radical (unpaired) electrons. The molecule has 2 N–H and O–H groups in total. The van der Waals surface area contributed by atoms with Gasteiger partial charge in [0.2, 0.25) is 6.79 Å². The predicted octanol–water partition coefficient (Wildman–Crippen LogP) is 4.00. The van der Waals surface area contributed by atoms with Gasteiger partial charge in [0.15, 0.2) is 11.5 Å². The molecule has 0 aromatic heterocycles. The number of carbonyl (C=O) groups excluding carboxylic acids is 2. The Morgan fingerprint density at radius 1 is 1.00 bits per heavy atom. The van der Waals surface area contributed by atoms with Gasteiger partial charge in [-0.2, -0.15) is 5.10 Å². The SMILES string of the molecule is COc1ccc(C=NNC(=O)C(=Cc2ccc3c(c2)OCO3)NC(=O)c2ccccc2)cc1Cl. The molecule has 0 unspecified atom stereocenters. The summed E-state index contributed by atoms with van der Waals surface area (Å²) >= 11 is 6.12. The lowest BCUT2D eigenvalue weighted by atomic mass is 10.1. The quantitative estimate of drug-likeness (QED) is 0.304. The summed E-state index contributed by atoms with van der Waals surface area (Å²) in [5.41, 5.74) is 4.12. The molecule has 4 rings (SSSR count). The molecule has 0 bridgehead atoms. The molecule has 0 fully saturated rings. The Labute approximate surface area is 200 Å². The molecule has 2 amide bonds. The molecule has 3 aromatic rings. The Morgan fingerprint density at radius 2 is 1.76 bits per heavy atom. The van der Waals surface area contributed by atoms with Crippen molar-refractivity contribution in [3.05, 3.63) is 94.1 Å². The first-order valence-electron chi connectivity index (χ1n) is 10.2. The number of rotatable bonds is 7. The summed E-state index contributed by atoms with van der Waals surface area (Å²) in [5, 5.41) is 7.04. The van der Waals surface area contributed by atoms with Crippen LogP contribution in [0.3, 0.4) is 0 Å². The van der Waals surface area contributed by atoms with Gasteiger partial charge in [-0.05, 0) is 59.7 Å². The number of hydrogen-bond acceptors (Lipinski definition) is 6. The number of hydrazone groups is 1. The van der Waals surface area contributed by atoms with E-state index in [9.17, 15) is 9.59 Å². The molecule has 3 aromatic carbocycles. The van der Waals surface area contributed by atoms with Crippen LogP contribution in [0.1, 0.15) is 21.5 Å². The van der Waals surface area contributed by atoms with E-state index in [1.54, 1.807) is 66.7 Å². The first-order valence-corrected chi connectivity index (χ1v) is 10.6. The maximum atomic E-state index is 12.9. The smallest absolute Gasteiger partial charge is 0.287 e. The number of nitrogens with zero attached hydrogens (tertiary/aromatic N) is 1. The van der Waals surface area contributed by atoms with Gasteiger partial charge in [0.1, 0.15) is 11.4 Å². The topological polar surface area (TPSA) is 98.2 Å². The van der Waals surface area contributed by atoms with Crippen molar-refractivity contribution in [1.82, 2.24) is 10.7 Å². The molecule has 0 spiro atoms. The fourth-order valence-corrected chi connectivity index (χ4v) is 3.37. The van der Waals surface area contributed by atoms with E-state index in [4.69, 9.17) is 25.8 Å². The highest BCUT2D eigenvalue weighted by molar-refractivity contribution is 6.32. The number of ether oxygens (including phenoxy) is 3. The van der Waals surface area contributed by atoms with Crippen molar-refractivity contribution in [1.29, 1.82) is 0 Å². The molecule has 8 nitrogen and oxygen atoms in total. The van der Waals surface area contributed by atoms with Crippen molar-refractivity contribution in [3.63, 3.8) is 0 Å². The number of halogens is 1. The van der Waals surface area contributed by atoms with Crippen molar-refractivity contribution in [2.45, 2.75) is 0 Å². The summed E-state index contributed by atoms with van der Waals surface area (Å²) in [6.45, 7) is 0.130. The maximum absolute atomic E-state index is 12.9. The third-order valence-corrected chi connectivity index (χ3v) is 5.09. The fourth-order valence-electron chi connectivity index (χ4n) is 3.10. The number of benzene rings is 3. The number of fused-ring (bicyclic) bond motifs is 1. The van der Waals surface area contributed by atoms with Crippen LogP contribution in [0.2, 0.25) is 5.02 Å². The lowest BCUT2D eigenvalue weighted by molar-refractivity contribution is -0.117. The molecular formula is C25H20ClN3O5. The zero-order valence-electron chi connectivity index (χ0n) is 18.1. The average Bonchev–Trinajstić information content (AvgIpc) is 3.32. The number of nitrogens with one attached hydrogen (secondary N) is 2. The van der Waals surface area contributed by atoms with Gasteiger partial charge in [-0.15, -0.1) is 0 Å². The average molecular weight is 478 g/mol. The largest absolute Gasteiger partial charge is 0.495 e. The molecule has 34 heavy (non-hydrogen) atoms. The Morgan fingerprint density at radius 3 is 2.53 bits per heavy atom. The monoisotopic (exact) mass is 477 g/mol. The highest BCUT2D eigenvalue weighted by Gasteiger charge is 2.17. The molecule has 9 heteroatoms. The van der Waals surface area contributed by atoms with Crippen LogP contribution in [0.25, 0.3) is 6.08 Å². The maximum Gasteiger partial charge on any atom is 0.287 e. The summed E-state index contributed by atoms with van der Waals surface area (Å²) < 4.78 is 15.8. The van der Waals surface area contributed by atoms with Gasteiger partial charge < -0.3 is 19.5 Å². The summed E-state index contributed by atoms with van der Waals surface area (Å²) in [5.74, 6) is 0.642. The van der Waals surface area contributed by atoms with E-state index in [0.717, 1.165) is 0 Å². The number of carbonyl (C=O) groups is 2. The first-order chi connectivity index (χ1) is 16.5. The highest BCUT2D eigenvalue weighted by Crippen LogP contribution is 2.33. The van der Waals surface area contributed by atoms with Crippen LogP contribution in [-0.4, -0.2) is 31.9 Å². The van der Waals surface area contributed by atoms with Crippen molar-refractivity contribution in [2.75, 3.05) is 13.9 Å². The standard InChI is InChI=1S/C25H20ClN3O5/c1-32-21-9-8-17(11-19(21)26)14-27-29-25(31)20(28-24(30)18-5-3-2-4-6-18)12-16-7-10-22-23(13-16)34-15-33-22/h2-14H,15H2,1H3,(H,28,30)(H,29,31). The number of methoxy groups -OCH3 is 1. The van der Waals surface area contributed by atoms with Crippen molar-refractivity contribution < 1.29 is 23.8 Å². The van der Waals surface area contributed by atoms with E-state index in [1.165, 1.54) is 19.4 Å². The third-order valence-electron chi connectivity index (χ3n) is 4.79. The Kier molecular flexibility index (Phi) is 7.10. The minimum absolute atomic E-state index is 0.00219. The predicted molar refractivity (Wildman–Crippen MR) is 128 cm³/mol. The molecular weight excluding hydrogens is 458 g/mol. The first kappa shape index (κ1) is 22.9. The zero-order valence-corrected chi connectivity index (χ0v) is 18.8. The van der Waals surface area contributed by atoms with Crippen LogP contribution in [0.5, 0.6) is 17.2 Å². The normalized spacial score (nSPS) is 12.5. The summed E-state index contributed by atoms with van der Waals surface area (Å²) in [6, 6.07) is 18.8. The Balaban J connectivity index is 1.54. The molecule has 1 aliphatic heterocycles. The van der Waals surface area contributed by atoms with E-state index in [2.05, 4.69) is 15.8 Å². The lowest BCUT2D eigenvalue weighted by Gasteiger charge is -2.09. The van der Waals surface area contributed by atoms with Crippen molar-refractivity contribution in [3.8, 4) is 17.2 Å². The van der Waals surface area contributed by atoms with Crippen molar-refractivity contribution >= 4 is 35.7 Å². The van der Waals surface area contributed by atoms with Gasteiger partial charge in [0.05, 0.1) is 18.3 Å². The highest BCUT2D eigenvalue weighted by atomic mass is 35.5. The van der Waals surface area contributed by atoms with Gasteiger partial charge in [0, 0.05) is 5.56 Å². The Bertz CT molecular complexity index is 1270. The van der Waals surface area contributed by atoms with Crippen LogP contribution in [-0.2, 0) is 4.79 Å². The molecule has 172 valence electrons. The van der Waals surface area contributed by atoms with Gasteiger partial charge >= 0.3 is 0 Å². The van der Waals surface area contributed by atoms with Crippen molar-refractivity contribution in [2.24, 2.45) is 5.10 Å². The van der Waals surface area contributed by atoms with Gasteiger partial charge in [-0.25, -0.2) is 5.43 Å². The lowest BCUT2D eigenvalue weighted by Crippen LogP contribution is -2.32. The summed E-state index contributed by atoms with van der Waals surface area (Å²) in [6.07, 6.45) is 2.96. The number of hydrogen-bond donors (Lipinski definition) is 2. The van der Waals surface area contributed by atoms with Crippen LogP contribution in [0.15, 0.2) is 77.5 Å². The van der Waals surface area contributed by atoms with Crippen LogP contribution in [0, 0.1) is 0 Å². The van der Waals surface area contributed by atoms with E-state index in [-0.39, 0.29) is 12.5 Å². The van der Waals surface area contributed by atoms with E-state index in [1.807, 2.05) is 0 Å². The van der Waals surface area contributed by atoms with Crippen LogP contribution in [0.4, 0.5) is 0 Å². The molecule has 0 aliphatic carbocycles. The second-order valence-corrected chi connectivity index (χ2v) is 7.49. The Hall–Kier alpha value is -4.30. The van der Waals surface area contributed by atoms with Gasteiger partial charge in [-0.3, -0.25) is 9.59 Å². The van der Waals surface area contributed by atoms with Crippen LogP contribution >= 0.6 is 11.6 Å². The second-order valence-electron chi connectivity index (χ2n) is 7.08. The van der Waals surface area contributed by atoms with Crippen LogP contribution < -0.4 is 25.0 Å². The molecule has 1 heterocycles. The number of amides is 2. The zero-order chi connectivity index (χ0) is 23.9. The molecule has 0 atom stereocenters.